The van der Waals surface area contributed by atoms with E-state index >= 15 is 0 Å². The van der Waals surface area contributed by atoms with E-state index in [-0.39, 0.29) is 11.4 Å². The molecule has 0 bridgehead atoms. The summed E-state index contributed by atoms with van der Waals surface area (Å²) in [6.07, 6.45) is -0.791. The van der Waals surface area contributed by atoms with Gasteiger partial charge in [0.05, 0.1) is 23.2 Å². The predicted octanol–water partition coefficient (Wildman–Crippen LogP) is 2.11. The fourth-order valence-electron chi connectivity index (χ4n) is 2.44. The van der Waals surface area contributed by atoms with Crippen LogP contribution in [0.3, 0.4) is 0 Å². The number of likely N-dealkylation sites (N-methyl/N-ethyl adjacent to an activating group) is 1. The minimum atomic E-state index is -3.75. The van der Waals surface area contributed by atoms with Gasteiger partial charge in [-0.1, -0.05) is 35.9 Å². The molecule has 2 aromatic carbocycles. The summed E-state index contributed by atoms with van der Waals surface area (Å²) in [7, 11) is -0.0712. The quantitative estimate of drug-likeness (QED) is 0.832. The number of rotatable bonds is 7. The van der Waals surface area contributed by atoms with Gasteiger partial charge in [0.25, 0.3) is 10.0 Å². The molecule has 0 saturated heterocycles. The van der Waals surface area contributed by atoms with Crippen LogP contribution in [0.15, 0.2) is 59.5 Å². The smallest absolute Gasteiger partial charge is 0.264 e. The standard InChI is InChI=1S/C18H24N2O3S/c1-15-9-11-18(12-10-15)24(22,23)20(14-17(21)13-19(2)3)16-7-5-4-6-8-16/h4-12,17,21H,13-14H2,1-3H3/t17-/m1/s1. The van der Waals surface area contributed by atoms with Gasteiger partial charge in [0.2, 0.25) is 0 Å². The first-order valence-electron chi connectivity index (χ1n) is 7.78. The highest BCUT2D eigenvalue weighted by Gasteiger charge is 2.27. The van der Waals surface area contributed by atoms with E-state index < -0.39 is 16.1 Å². The zero-order valence-corrected chi connectivity index (χ0v) is 15.1. The lowest BCUT2D eigenvalue weighted by atomic mass is 10.2. The van der Waals surface area contributed by atoms with Crippen LogP contribution < -0.4 is 4.31 Å². The van der Waals surface area contributed by atoms with Crippen molar-refractivity contribution in [3.05, 3.63) is 60.2 Å². The van der Waals surface area contributed by atoms with Crippen LogP contribution in [-0.4, -0.2) is 51.7 Å². The first-order valence-corrected chi connectivity index (χ1v) is 9.22. The van der Waals surface area contributed by atoms with Crippen molar-refractivity contribution in [1.29, 1.82) is 0 Å². The fraction of sp³-hybridized carbons (Fsp3) is 0.333. The van der Waals surface area contributed by atoms with Crippen LogP contribution in [0.5, 0.6) is 0 Å². The summed E-state index contributed by atoms with van der Waals surface area (Å²) in [6.45, 7) is 2.29. The molecule has 1 N–H and O–H groups in total. The predicted molar refractivity (Wildman–Crippen MR) is 96.7 cm³/mol. The summed E-state index contributed by atoms with van der Waals surface area (Å²) in [5.74, 6) is 0. The molecule has 130 valence electrons. The summed E-state index contributed by atoms with van der Waals surface area (Å²) >= 11 is 0. The van der Waals surface area contributed by atoms with Crippen molar-refractivity contribution in [3.63, 3.8) is 0 Å². The Labute approximate surface area is 144 Å². The van der Waals surface area contributed by atoms with Gasteiger partial charge in [0, 0.05) is 6.54 Å². The van der Waals surface area contributed by atoms with Gasteiger partial charge in [-0.25, -0.2) is 8.42 Å². The third kappa shape index (κ3) is 4.56. The average molecular weight is 348 g/mol. The zero-order chi connectivity index (χ0) is 17.7. The van der Waals surface area contributed by atoms with Gasteiger partial charge in [-0.15, -0.1) is 0 Å². The molecule has 0 unspecified atom stereocenters. The molecule has 0 fully saturated rings. The molecule has 5 nitrogen and oxygen atoms in total. The number of sulfonamides is 1. The van der Waals surface area contributed by atoms with Gasteiger partial charge >= 0.3 is 0 Å². The number of nitrogens with zero attached hydrogens (tertiary/aromatic N) is 2. The van der Waals surface area contributed by atoms with Crippen LogP contribution in [0.2, 0.25) is 0 Å². The van der Waals surface area contributed by atoms with Crippen molar-refractivity contribution in [2.45, 2.75) is 17.9 Å². The Morgan fingerprint density at radius 3 is 2.08 bits per heavy atom. The molecule has 0 saturated carbocycles. The molecular weight excluding hydrogens is 324 g/mol. The highest BCUT2D eigenvalue weighted by atomic mass is 32.2. The minimum absolute atomic E-state index is 0.00158. The monoisotopic (exact) mass is 348 g/mol. The van der Waals surface area contributed by atoms with Gasteiger partial charge in [0.1, 0.15) is 0 Å². The molecule has 24 heavy (non-hydrogen) atoms. The molecule has 0 aliphatic carbocycles. The molecule has 2 aromatic rings. The largest absolute Gasteiger partial charge is 0.390 e. The van der Waals surface area contributed by atoms with Crippen molar-refractivity contribution in [2.75, 3.05) is 31.5 Å². The van der Waals surface area contributed by atoms with Crippen LogP contribution in [-0.2, 0) is 10.0 Å². The molecule has 1 atom stereocenters. The number of para-hydroxylation sites is 1. The Balaban J connectivity index is 2.39. The first kappa shape index (κ1) is 18.4. The van der Waals surface area contributed by atoms with E-state index in [9.17, 15) is 13.5 Å². The third-order valence-electron chi connectivity index (χ3n) is 3.61. The topological polar surface area (TPSA) is 60.9 Å². The van der Waals surface area contributed by atoms with E-state index in [4.69, 9.17) is 0 Å². The highest BCUT2D eigenvalue weighted by Crippen LogP contribution is 2.24. The second kappa shape index (κ2) is 7.79. The van der Waals surface area contributed by atoms with Gasteiger partial charge in [-0.05, 0) is 45.3 Å². The molecule has 0 spiro atoms. The van der Waals surface area contributed by atoms with Crippen molar-refractivity contribution in [1.82, 2.24) is 4.90 Å². The average Bonchev–Trinajstić information content (AvgIpc) is 2.53. The number of aryl methyl sites for hydroxylation is 1. The van der Waals surface area contributed by atoms with Gasteiger partial charge < -0.3 is 10.0 Å². The lowest BCUT2D eigenvalue weighted by molar-refractivity contribution is 0.145. The highest BCUT2D eigenvalue weighted by molar-refractivity contribution is 7.92. The molecule has 0 aliphatic rings. The molecule has 0 aliphatic heterocycles. The Hall–Kier alpha value is -1.89. The molecule has 2 rings (SSSR count). The third-order valence-corrected chi connectivity index (χ3v) is 5.41. The lowest BCUT2D eigenvalue weighted by Crippen LogP contribution is -2.41. The summed E-state index contributed by atoms with van der Waals surface area (Å²) in [5, 5.41) is 10.3. The second-order valence-electron chi connectivity index (χ2n) is 6.10. The number of benzene rings is 2. The summed E-state index contributed by atoms with van der Waals surface area (Å²) in [4.78, 5) is 2.04. The maximum atomic E-state index is 13.1. The van der Waals surface area contributed by atoms with Gasteiger partial charge in [0.15, 0.2) is 0 Å². The normalized spacial score (nSPS) is 13.0. The van der Waals surface area contributed by atoms with Gasteiger partial charge in [-0.2, -0.15) is 0 Å². The molecule has 0 amide bonds. The van der Waals surface area contributed by atoms with E-state index in [0.717, 1.165) is 5.56 Å². The molecule has 6 heteroatoms. The van der Waals surface area contributed by atoms with E-state index in [1.54, 1.807) is 48.5 Å². The Bertz CT molecular complexity index is 744. The number of hydrogen-bond donors (Lipinski definition) is 1. The van der Waals surface area contributed by atoms with E-state index in [2.05, 4.69) is 0 Å². The van der Waals surface area contributed by atoms with Crippen molar-refractivity contribution in [2.24, 2.45) is 0 Å². The van der Waals surface area contributed by atoms with Gasteiger partial charge in [-0.3, -0.25) is 4.31 Å². The lowest BCUT2D eigenvalue weighted by Gasteiger charge is -2.28. The van der Waals surface area contributed by atoms with Crippen LogP contribution >= 0.6 is 0 Å². The fourth-order valence-corrected chi connectivity index (χ4v) is 3.95. The zero-order valence-electron chi connectivity index (χ0n) is 14.3. The van der Waals surface area contributed by atoms with Crippen LogP contribution in [0.4, 0.5) is 5.69 Å². The van der Waals surface area contributed by atoms with Crippen LogP contribution in [0.25, 0.3) is 0 Å². The Kier molecular flexibility index (Phi) is 5.99. The van der Waals surface area contributed by atoms with Crippen LogP contribution in [0.1, 0.15) is 5.56 Å². The minimum Gasteiger partial charge on any atom is -0.390 e. The van der Waals surface area contributed by atoms with Crippen molar-refractivity contribution >= 4 is 15.7 Å². The van der Waals surface area contributed by atoms with Crippen molar-refractivity contribution < 1.29 is 13.5 Å². The van der Waals surface area contributed by atoms with E-state index in [1.807, 2.05) is 32.0 Å². The van der Waals surface area contributed by atoms with Crippen molar-refractivity contribution in [3.8, 4) is 0 Å². The molecule has 0 aromatic heterocycles. The van der Waals surface area contributed by atoms with E-state index in [1.165, 1.54) is 4.31 Å². The SMILES string of the molecule is Cc1ccc(S(=O)(=O)N(C[C@H](O)CN(C)C)c2ccccc2)cc1. The first-order chi connectivity index (χ1) is 11.3. The molecule has 0 radical (unpaired) electrons. The maximum Gasteiger partial charge on any atom is 0.264 e. The Morgan fingerprint density at radius 2 is 1.54 bits per heavy atom. The van der Waals surface area contributed by atoms with E-state index in [0.29, 0.717) is 12.2 Å². The molecular formula is C18H24N2O3S. The molecule has 0 heterocycles. The summed E-state index contributed by atoms with van der Waals surface area (Å²) < 4.78 is 27.4. The van der Waals surface area contributed by atoms with Crippen LogP contribution in [0, 0.1) is 6.92 Å². The maximum absolute atomic E-state index is 13.1. The second-order valence-corrected chi connectivity index (χ2v) is 7.96. The number of anilines is 1. The summed E-state index contributed by atoms with van der Waals surface area (Å²) in [6, 6.07) is 15.6. The number of aliphatic hydroxyl groups is 1. The number of aliphatic hydroxyl groups excluding tert-OH is 1. The Morgan fingerprint density at radius 1 is 0.958 bits per heavy atom. The number of hydrogen-bond acceptors (Lipinski definition) is 4. The summed E-state index contributed by atoms with van der Waals surface area (Å²) in [5.41, 5.74) is 1.53.